The van der Waals surface area contributed by atoms with Gasteiger partial charge in [0.25, 0.3) is 0 Å². The Morgan fingerprint density at radius 2 is 1.76 bits per heavy atom. The van der Waals surface area contributed by atoms with Crippen LogP contribution in [-0.2, 0) is 0 Å². The summed E-state index contributed by atoms with van der Waals surface area (Å²) in [7, 11) is 1.67. The monoisotopic (exact) mass is 228 g/mol. The summed E-state index contributed by atoms with van der Waals surface area (Å²) in [5.41, 5.74) is 9.53. The van der Waals surface area contributed by atoms with Gasteiger partial charge in [0, 0.05) is 11.4 Å². The van der Waals surface area contributed by atoms with Gasteiger partial charge < -0.3 is 15.8 Å². The normalized spacial score (nSPS) is 10.0. The Morgan fingerprint density at radius 1 is 1.06 bits per heavy atom. The van der Waals surface area contributed by atoms with Gasteiger partial charge in [-0.3, -0.25) is 0 Å². The van der Waals surface area contributed by atoms with Gasteiger partial charge in [0.15, 0.2) is 0 Å². The van der Waals surface area contributed by atoms with Crippen molar-refractivity contribution in [3.63, 3.8) is 0 Å². The molecule has 2 aromatic rings. The van der Waals surface area contributed by atoms with E-state index in [0.29, 0.717) is 0 Å². The third-order valence-electron chi connectivity index (χ3n) is 2.54. The number of hydrogen-bond acceptors (Lipinski definition) is 3. The Morgan fingerprint density at radius 3 is 2.41 bits per heavy atom. The standard InChI is InChI=1S/C14H16N2O/c1-10-3-8-14(17-2)13(9-10)16-12-6-4-11(15)5-7-12/h3-9,16H,15H2,1-2H3. The molecule has 88 valence electrons. The van der Waals surface area contributed by atoms with Gasteiger partial charge in [-0.2, -0.15) is 0 Å². The Hall–Kier alpha value is -2.16. The van der Waals surface area contributed by atoms with Gasteiger partial charge in [-0.25, -0.2) is 0 Å². The van der Waals surface area contributed by atoms with Crippen molar-refractivity contribution >= 4 is 17.1 Å². The summed E-state index contributed by atoms with van der Waals surface area (Å²) >= 11 is 0. The molecule has 2 rings (SSSR count). The lowest BCUT2D eigenvalue weighted by atomic mass is 10.2. The molecule has 3 N–H and O–H groups in total. The maximum atomic E-state index is 5.65. The van der Waals surface area contributed by atoms with Crippen molar-refractivity contribution < 1.29 is 4.74 Å². The van der Waals surface area contributed by atoms with Crippen LogP contribution >= 0.6 is 0 Å². The molecule has 0 saturated heterocycles. The first-order valence-corrected chi connectivity index (χ1v) is 5.46. The zero-order valence-electron chi connectivity index (χ0n) is 10.0. The maximum absolute atomic E-state index is 5.65. The van der Waals surface area contributed by atoms with Gasteiger partial charge >= 0.3 is 0 Å². The lowest BCUT2D eigenvalue weighted by Crippen LogP contribution is -1.95. The van der Waals surface area contributed by atoms with E-state index >= 15 is 0 Å². The molecule has 0 fully saturated rings. The number of aryl methyl sites for hydroxylation is 1. The van der Waals surface area contributed by atoms with Crippen molar-refractivity contribution in [3.05, 3.63) is 48.0 Å². The topological polar surface area (TPSA) is 47.3 Å². The minimum atomic E-state index is 0.756. The summed E-state index contributed by atoms with van der Waals surface area (Å²) in [5, 5.41) is 3.31. The van der Waals surface area contributed by atoms with Crippen LogP contribution in [0.5, 0.6) is 5.75 Å². The van der Waals surface area contributed by atoms with Crippen molar-refractivity contribution in [3.8, 4) is 5.75 Å². The number of anilines is 3. The highest BCUT2D eigenvalue weighted by Crippen LogP contribution is 2.28. The lowest BCUT2D eigenvalue weighted by molar-refractivity contribution is 0.416. The number of benzene rings is 2. The Labute approximate surface area is 101 Å². The zero-order chi connectivity index (χ0) is 12.3. The van der Waals surface area contributed by atoms with E-state index in [2.05, 4.69) is 11.4 Å². The molecule has 0 saturated carbocycles. The highest BCUT2D eigenvalue weighted by molar-refractivity contribution is 5.68. The number of ether oxygens (including phenoxy) is 1. The Kier molecular flexibility index (Phi) is 3.19. The molecule has 0 amide bonds. The molecule has 3 heteroatoms. The molecule has 0 aliphatic rings. The van der Waals surface area contributed by atoms with Crippen molar-refractivity contribution in [2.24, 2.45) is 0 Å². The quantitative estimate of drug-likeness (QED) is 0.792. The van der Waals surface area contributed by atoms with Crippen molar-refractivity contribution in [1.82, 2.24) is 0 Å². The minimum absolute atomic E-state index is 0.756. The van der Waals surface area contributed by atoms with E-state index in [4.69, 9.17) is 10.5 Å². The van der Waals surface area contributed by atoms with Crippen LogP contribution in [0.15, 0.2) is 42.5 Å². The molecular formula is C14H16N2O. The second kappa shape index (κ2) is 4.78. The summed E-state index contributed by atoms with van der Waals surface area (Å²) < 4.78 is 5.31. The van der Waals surface area contributed by atoms with E-state index in [1.54, 1.807) is 7.11 Å². The van der Waals surface area contributed by atoms with E-state index in [9.17, 15) is 0 Å². The number of methoxy groups -OCH3 is 1. The predicted molar refractivity (Wildman–Crippen MR) is 71.9 cm³/mol. The number of rotatable bonds is 3. The largest absolute Gasteiger partial charge is 0.495 e. The fraction of sp³-hybridized carbons (Fsp3) is 0.143. The van der Waals surface area contributed by atoms with Gasteiger partial charge in [0.1, 0.15) is 5.75 Å². The smallest absolute Gasteiger partial charge is 0.142 e. The number of nitrogens with two attached hydrogens (primary N) is 1. The highest BCUT2D eigenvalue weighted by atomic mass is 16.5. The van der Waals surface area contributed by atoms with Gasteiger partial charge in [0.05, 0.1) is 12.8 Å². The molecule has 0 bridgehead atoms. The van der Waals surface area contributed by atoms with Crippen LogP contribution < -0.4 is 15.8 Å². The maximum Gasteiger partial charge on any atom is 0.142 e. The van der Waals surface area contributed by atoms with E-state index < -0.39 is 0 Å². The fourth-order valence-corrected chi connectivity index (χ4v) is 1.64. The summed E-state index contributed by atoms with van der Waals surface area (Å²) in [4.78, 5) is 0. The van der Waals surface area contributed by atoms with E-state index in [0.717, 1.165) is 22.8 Å². The summed E-state index contributed by atoms with van der Waals surface area (Å²) in [5.74, 6) is 0.826. The minimum Gasteiger partial charge on any atom is -0.495 e. The summed E-state index contributed by atoms with van der Waals surface area (Å²) in [6, 6.07) is 13.6. The molecule has 0 atom stereocenters. The van der Waals surface area contributed by atoms with E-state index in [-0.39, 0.29) is 0 Å². The highest BCUT2D eigenvalue weighted by Gasteiger charge is 2.03. The van der Waals surface area contributed by atoms with Crippen LogP contribution in [0, 0.1) is 6.92 Å². The second-order valence-electron chi connectivity index (χ2n) is 3.95. The van der Waals surface area contributed by atoms with Crippen LogP contribution in [0.4, 0.5) is 17.1 Å². The third-order valence-corrected chi connectivity index (χ3v) is 2.54. The van der Waals surface area contributed by atoms with E-state index in [1.165, 1.54) is 5.56 Å². The molecule has 0 aliphatic carbocycles. The average molecular weight is 228 g/mol. The molecule has 0 aliphatic heterocycles. The predicted octanol–water partition coefficient (Wildman–Crippen LogP) is 3.33. The molecular weight excluding hydrogens is 212 g/mol. The lowest BCUT2D eigenvalue weighted by Gasteiger charge is -2.12. The van der Waals surface area contributed by atoms with Gasteiger partial charge in [-0.15, -0.1) is 0 Å². The van der Waals surface area contributed by atoms with E-state index in [1.807, 2.05) is 43.3 Å². The third kappa shape index (κ3) is 2.69. The van der Waals surface area contributed by atoms with Crippen LogP contribution in [0.3, 0.4) is 0 Å². The molecule has 0 heterocycles. The van der Waals surface area contributed by atoms with Crippen LogP contribution in [-0.4, -0.2) is 7.11 Å². The van der Waals surface area contributed by atoms with Crippen LogP contribution in [0.1, 0.15) is 5.56 Å². The Balaban J connectivity index is 2.28. The van der Waals surface area contributed by atoms with Crippen molar-refractivity contribution in [2.75, 3.05) is 18.2 Å². The first kappa shape index (κ1) is 11.3. The second-order valence-corrected chi connectivity index (χ2v) is 3.95. The molecule has 3 nitrogen and oxygen atoms in total. The fourth-order valence-electron chi connectivity index (χ4n) is 1.64. The molecule has 0 unspecified atom stereocenters. The average Bonchev–Trinajstić information content (AvgIpc) is 2.32. The van der Waals surface area contributed by atoms with Gasteiger partial charge in [-0.1, -0.05) is 6.07 Å². The first-order valence-electron chi connectivity index (χ1n) is 5.46. The summed E-state index contributed by atoms with van der Waals surface area (Å²) in [6.45, 7) is 2.05. The molecule has 2 aromatic carbocycles. The Bertz CT molecular complexity index is 506. The molecule has 0 aromatic heterocycles. The number of nitrogen functional groups attached to an aromatic ring is 1. The molecule has 17 heavy (non-hydrogen) atoms. The van der Waals surface area contributed by atoms with Gasteiger partial charge in [0.2, 0.25) is 0 Å². The van der Waals surface area contributed by atoms with Crippen molar-refractivity contribution in [2.45, 2.75) is 6.92 Å². The van der Waals surface area contributed by atoms with Crippen LogP contribution in [0.25, 0.3) is 0 Å². The SMILES string of the molecule is COc1ccc(C)cc1Nc1ccc(N)cc1. The number of hydrogen-bond donors (Lipinski definition) is 2. The first-order chi connectivity index (χ1) is 8.19. The van der Waals surface area contributed by atoms with Crippen LogP contribution in [0.2, 0.25) is 0 Å². The van der Waals surface area contributed by atoms with Gasteiger partial charge in [-0.05, 0) is 48.9 Å². The number of nitrogens with one attached hydrogen (secondary N) is 1. The zero-order valence-corrected chi connectivity index (χ0v) is 10.0. The molecule has 0 spiro atoms. The van der Waals surface area contributed by atoms with Crippen molar-refractivity contribution in [1.29, 1.82) is 0 Å². The summed E-state index contributed by atoms with van der Waals surface area (Å²) in [6.07, 6.45) is 0. The molecule has 0 radical (unpaired) electrons.